The third-order valence-corrected chi connectivity index (χ3v) is 3.98. The molecule has 0 fully saturated rings. The molecule has 1 aliphatic heterocycles. The molecule has 0 N–H and O–H groups in total. The van der Waals surface area contributed by atoms with Gasteiger partial charge in [0.25, 0.3) is 5.91 Å². The molecule has 2 heterocycles. The van der Waals surface area contributed by atoms with Crippen LogP contribution in [0, 0.1) is 0 Å². The maximum Gasteiger partial charge on any atom is 0.255 e. The molecule has 0 atom stereocenters. The number of benzene rings is 1. The molecule has 1 aromatic heterocycles. The first-order chi connectivity index (χ1) is 11.2. The highest BCUT2D eigenvalue weighted by Gasteiger charge is 2.21. The Bertz CT molecular complexity index is 721. The molecule has 2 aromatic rings. The molecule has 1 amide bonds. The minimum absolute atomic E-state index is 0.130. The van der Waals surface area contributed by atoms with Gasteiger partial charge in [0.15, 0.2) is 11.5 Å². The first kappa shape index (κ1) is 15.6. The maximum atomic E-state index is 12.7. The fourth-order valence-corrected chi connectivity index (χ4v) is 2.71. The van der Waals surface area contributed by atoms with E-state index in [1.54, 1.807) is 17.2 Å². The molecule has 0 saturated carbocycles. The van der Waals surface area contributed by atoms with Crippen LogP contribution in [0.2, 0.25) is 5.02 Å². The number of para-hydroxylation sites is 1. The van der Waals surface area contributed by atoms with Crippen molar-refractivity contribution in [3.63, 3.8) is 0 Å². The highest BCUT2D eigenvalue weighted by Crippen LogP contribution is 2.34. The van der Waals surface area contributed by atoms with Crippen LogP contribution < -0.4 is 9.47 Å². The molecule has 1 aromatic carbocycles. The van der Waals surface area contributed by atoms with E-state index in [1.807, 2.05) is 25.1 Å². The van der Waals surface area contributed by atoms with E-state index >= 15 is 0 Å². The lowest BCUT2D eigenvalue weighted by molar-refractivity contribution is 0.0749. The quantitative estimate of drug-likeness (QED) is 0.863. The summed E-state index contributed by atoms with van der Waals surface area (Å²) in [6.45, 7) is 3.97. The Kier molecular flexibility index (Phi) is 4.67. The minimum Gasteiger partial charge on any atom is -0.486 e. The number of carbonyl (C=O) groups excluding carboxylic acids is 1. The van der Waals surface area contributed by atoms with Crippen molar-refractivity contribution in [2.75, 3.05) is 19.8 Å². The van der Waals surface area contributed by atoms with Crippen molar-refractivity contribution in [2.45, 2.75) is 13.5 Å². The first-order valence-corrected chi connectivity index (χ1v) is 7.84. The average Bonchev–Trinajstić information content (AvgIpc) is 2.59. The molecule has 5 nitrogen and oxygen atoms in total. The molecule has 120 valence electrons. The summed E-state index contributed by atoms with van der Waals surface area (Å²) in [6.07, 6.45) is 3.04. The van der Waals surface area contributed by atoms with Crippen LogP contribution in [0.3, 0.4) is 0 Å². The summed E-state index contributed by atoms with van der Waals surface area (Å²) >= 11 is 6.08. The smallest absolute Gasteiger partial charge is 0.255 e. The number of fused-ring (bicyclic) bond motifs is 1. The second kappa shape index (κ2) is 6.87. The summed E-state index contributed by atoms with van der Waals surface area (Å²) in [5, 5.41) is 0.352. The van der Waals surface area contributed by atoms with Gasteiger partial charge in [0.2, 0.25) is 0 Å². The van der Waals surface area contributed by atoms with E-state index in [2.05, 4.69) is 4.98 Å². The topological polar surface area (TPSA) is 51.7 Å². The molecule has 6 heteroatoms. The van der Waals surface area contributed by atoms with Gasteiger partial charge >= 0.3 is 0 Å². The Hall–Kier alpha value is -2.27. The summed E-state index contributed by atoms with van der Waals surface area (Å²) in [5.74, 6) is 1.30. The molecule has 0 bridgehead atoms. The third-order valence-electron chi connectivity index (χ3n) is 3.68. The van der Waals surface area contributed by atoms with Gasteiger partial charge in [-0.15, -0.1) is 0 Å². The summed E-state index contributed by atoms with van der Waals surface area (Å²) in [7, 11) is 0. The highest BCUT2D eigenvalue weighted by molar-refractivity contribution is 6.33. The SMILES string of the molecule is CCN(Cc1cccc2c1OCCO2)C(=O)c1ccncc1Cl. The number of ether oxygens (including phenoxy) is 2. The minimum atomic E-state index is -0.130. The van der Waals surface area contributed by atoms with Gasteiger partial charge in [-0.25, -0.2) is 0 Å². The van der Waals surface area contributed by atoms with Crippen LogP contribution in [0.5, 0.6) is 11.5 Å². The van der Waals surface area contributed by atoms with Gasteiger partial charge in [0, 0.05) is 31.0 Å². The van der Waals surface area contributed by atoms with Crippen molar-refractivity contribution >= 4 is 17.5 Å². The van der Waals surface area contributed by atoms with Crippen molar-refractivity contribution in [3.8, 4) is 11.5 Å². The predicted octanol–water partition coefficient (Wildman–Crippen LogP) is 3.17. The van der Waals surface area contributed by atoms with Crippen LogP contribution >= 0.6 is 11.6 Å². The van der Waals surface area contributed by atoms with Crippen LogP contribution in [-0.2, 0) is 6.54 Å². The normalized spacial score (nSPS) is 12.8. The zero-order valence-corrected chi connectivity index (χ0v) is 13.5. The highest BCUT2D eigenvalue weighted by atomic mass is 35.5. The van der Waals surface area contributed by atoms with E-state index in [9.17, 15) is 4.79 Å². The number of carbonyl (C=O) groups is 1. The first-order valence-electron chi connectivity index (χ1n) is 7.47. The Morgan fingerprint density at radius 1 is 1.30 bits per heavy atom. The second-order valence-electron chi connectivity index (χ2n) is 5.12. The number of hydrogen-bond donors (Lipinski definition) is 0. The van der Waals surface area contributed by atoms with Gasteiger partial charge in [-0.05, 0) is 19.1 Å². The number of nitrogens with zero attached hydrogens (tertiary/aromatic N) is 2. The number of pyridine rings is 1. The van der Waals surface area contributed by atoms with E-state index < -0.39 is 0 Å². The fourth-order valence-electron chi connectivity index (χ4n) is 2.51. The third kappa shape index (κ3) is 3.24. The van der Waals surface area contributed by atoms with Gasteiger partial charge in [-0.2, -0.15) is 0 Å². The summed E-state index contributed by atoms with van der Waals surface area (Å²) < 4.78 is 11.3. The lowest BCUT2D eigenvalue weighted by atomic mass is 10.1. The number of hydrogen-bond acceptors (Lipinski definition) is 4. The molecule has 1 aliphatic rings. The predicted molar refractivity (Wildman–Crippen MR) is 87.1 cm³/mol. The van der Waals surface area contributed by atoms with Gasteiger partial charge in [-0.1, -0.05) is 23.7 Å². The molecule has 0 aliphatic carbocycles. The maximum absolute atomic E-state index is 12.7. The molecule has 0 saturated heterocycles. The van der Waals surface area contributed by atoms with E-state index in [0.717, 1.165) is 11.3 Å². The Balaban J connectivity index is 1.86. The van der Waals surface area contributed by atoms with Crippen LogP contribution in [0.1, 0.15) is 22.8 Å². The molecule has 0 unspecified atom stereocenters. The zero-order chi connectivity index (χ0) is 16.2. The fraction of sp³-hybridized carbons (Fsp3) is 0.294. The van der Waals surface area contributed by atoms with E-state index in [1.165, 1.54) is 6.20 Å². The average molecular weight is 333 g/mol. The summed E-state index contributed by atoms with van der Waals surface area (Å²) in [6, 6.07) is 7.35. The van der Waals surface area contributed by atoms with Gasteiger partial charge in [-0.3, -0.25) is 9.78 Å². The molecule has 23 heavy (non-hydrogen) atoms. The molecule has 0 radical (unpaired) electrons. The number of amides is 1. The van der Waals surface area contributed by atoms with Gasteiger partial charge in [0.1, 0.15) is 13.2 Å². The number of rotatable bonds is 4. The monoisotopic (exact) mass is 332 g/mol. The summed E-state index contributed by atoms with van der Waals surface area (Å²) in [4.78, 5) is 18.3. The van der Waals surface area contributed by atoms with Crippen molar-refractivity contribution in [1.29, 1.82) is 0 Å². The van der Waals surface area contributed by atoms with Crippen molar-refractivity contribution in [3.05, 3.63) is 52.8 Å². The van der Waals surface area contributed by atoms with E-state index in [4.69, 9.17) is 21.1 Å². The lowest BCUT2D eigenvalue weighted by Gasteiger charge is -2.25. The van der Waals surface area contributed by atoms with Crippen LogP contribution in [0.4, 0.5) is 0 Å². The van der Waals surface area contributed by atoms with Crippen molar-refractivity contribution < 1.29 is 14.3 Å². The van der Waals surface area contributed by atoms with Crippen molar-refractivity contribution in [1.82, 2.24) is 9.88 Å². The van der Waals surface area contributed by atoms with E-state index in [-0.39, 0.29) is 5.91 Å². The van der Waals surface area contributed by atoms with Gasteiger partial charge < -0.3 is 14.4 Å². The summed E-state index contributed by atoms with van der Waals surface area (Å²) in [5.41, 5.74) is 1.37. The van der Waals surface area contributed by atoms with E-state index in [0.29, 0.717) is 42.6 Å². The largest absolute Gasteiger partial charge is 0.486 e. The molecule has 0 spiro atoms. The molecular formula is C17H17ClN2O3. The zero-order valence-electron chi connectivity index (χ0n) is 12.8. The molecule has 3 rings (SSSR count). The lowest BCUT2D eigenvalue weighted by Crippen LogP contribution is -2.31. The second-order valence-corrected chi connectivity index (χ2v) is 5.52. The van der Waals surface area contributed by atoms with Crippen LogP contribution in [0.25, 0.3) is 0 Å². The Morgan fingerprint density at radius 3 is 2.91 bits per heavy atom. The molecular weight excluding hydrogens is 316 g/mol. The van der Waals surface area contributed by atoms with Crippen molar-refractivity contribution in [2.24, 2.45) is 0 Å². The Labute approximate surface area is 139 Å². The number of halogens is 1. The Morgan fingerprint density at radius 2 is 2.13 bits per heavy atom. The standard InChI is InChI=1S/C17H17ClN2O3/c1-2-20(17(21)13-6-7-19-10-14(13)18)11-12-4-3-5-15-16(12)23-9-8-22-15/h3-7,10H,2,8-9,11H2,1H3. The van der Waals surface area contributed by atoms with Crippen LogP contribution in [-0.4, -0.2) is 35.5 Å². The number of aromatic nitrogens is 1. The van der Waals surface area contributed by atoms with Crippen LogP contribution in [0.15, 0.2) is 36.7 Å². The van der Waals surface area contributed by atoms with Gasteiger partial charge in [0.05, 0.1) is 10.6 Å².